The fourth-order valence-corrected chi connectivity index (χ4v) is 1.79. The van der Waals surface area contributed by atoms with Crippen molar-refractivity contribution in [3.05, 3.63) is 12.7 Å². The molecule has 0 amide bonds. The Kier molecular flexibility index (Phi) is 9.96. The molecule has 1 atom stereocenters. The van der Waals surface area contributed by atoms with Gasteiger partial charge in [0.25, 0.3) is 0 Å². The van der Waals surface area contributed by atoms with Gasteiger partial charge in [-0.15, -0.1) is 6.58 Å². The van der Waals surface area contributed by atoms with Gasteiger partial charge in [-0.05, 0) is 38.4 Å². The molecule has 15 heavy (non-hydrogen) atoms. The van der Waals surface area contributed by atoms with E-state index in [0.717, 1.165) is 25.6 Å². The summed E-state index contributed by atoms with van der Waals surface area (Å²) < 4.78 is 0. The summed E-state index contributed by atoms with van der Waals surface area (Å²) in [5, 5.41) is 3.47. The predicted octanol–water partition coefficient (Wildman–Crippen LogP) is 2.52. The second-order valence-electron chi connectivity index (χ2n) is 4.36. The molecule has 0 spiro atoms. The summed E-state index contributed by atoms with van der Waals surface area (Å²) in [6.07, 6.45) is 4.45. The lowest BCUT2D eigenvalue weighted by Gasteiger charge is -2.24. The van der Waals surface area contributed by atoms with E-state index < -0.39 is 0 Å². The lowest BCUT2D eigenvalue weighted by atomic mass is 10.1. The van der Waals surface area contributed by atoms with Crippen molar-refractivity contribution in [2.45, 2.75) is 33.6 Å². The zero-order valence-electron chi connectivity index (χ0n) is 10.8. The van der Waals surface area contributed by atoms with E-state index in [-0.39, 0.29) is 0 Å². The molecule has 0 aliphatic carbocycles. The van der Waals surface area contributed by atoms with Crippen LogP contribution in [0.2, 0.25) is 0 Å². The van der Waals surface area contributed by atoms with Crippen LogP contribution in [-0.4, -0.2) is 37.6 Å². The number of rotatable bonds is 10. The molecule has 0 aromatic heterocycles. The molecule has 0 aromatic carbocycles. The smallest absolute Gasteiger partial charge is 0.0160 e. The van der Waals surface area contributed by atoms with Gasteiger partial charge in [0.15, 0.2) is 0 Å². The molecule has 2 heteroatoms. The van der Waals surface area contributed by atoms with Crippen molar-refractivity contribution in [3.8, 4) is 0 Å². The molecule has 0 bridgehead atoms. The number of nitrogens with zero attached hydrogens (tertiary/aromatic N) is 1. The van der Waals surface area contributed by atoms with E-state index in [1.165, 1.54) is 25.9 Å². The fraction of sp³-hybridized carbons (Fsp3) is 0.846. The lowest BCUT2D eigenvalue weighted by Crippen LogP contribution is -2.34. The van der Waals surface area contributed by atoms with E-state index in [2.05, 4.69) is 37.6 Å². The van der Waals surface area contributed by atoms with Crippen LogP contribution in [0.25, 0.3) is 0 Å². The summed E-state index contributed by atoms with van der Waals surface area (Å²) in [5.41, 5.74) is 0. The molecule has 1 N–H and O–H groups in total. The van der Waals surface area contributed by atoms with Crippen molar-refractivity contribution in [1.82, 2.24) is 10.2 Å². The Morgan fingerprint density at radius 1 is 1.33 bits per heavy atom. The van der Waals surface area contributed by atoms with Gasteiger partial charge >= 0.3 is 0 Å². The Hall–Kier alpha value is -0.340. The van der Waals surface area contributed by atoms with Gasteiger partial charge in [-0.25, -0.2) is 0 Å². The van der Waals surface area contributed by atoms with Crippen LogP contribution < -0.4 is 5.32 Å². The van der Waals surface area contributed by atoms with Gasteiger partial charge in [-0.3, -0.25) is 4.90 Å². The van der Waals surface area contributed by atoms with Crippen molar-refractivity contribution in [1.29, 1.82) is 0 Å². The summed E-state index contributed by atoms with van der Waals surface area (Å²) in [7, 11) is 0. The topological polar surface area (TPSA) is 15.3 Å². The van der Waals surface area contributed by atoms with Gasteiger partial charge in [0.1, 0.15) is 0 Å². The lowest BCUT2D eigenvalue weighted by molar-refractivity contribution is 0.257. The zero-order chi connectivity index (χ0) is 11.5. The van der Waals surface area contributed by atoms with Crippen LogP contribution in [0.3, 0.4) is 0 Å². The summed E-state index contributed by atoms with van der Waals surface area (Å²) in [5.74, 6) is 0.725. The molecule has 2 nitrogen and oxygen atoms in total. The van der Waals surface area contributed by atoms with Crippen molar-refractivity contribution in [2.24, 2.45) is 5.92 Å². The summed E-state index contributed by atoms with van der Waals surface area (Å²) in [6.45, 7) is 16.2. The molecule has 0 saturated heterocycles. The molecule has 1 unspecified atom stereocenters. The van der Waals surface area contributed by atoms with Crippen molar-refractivity contribution < 1.29 is 0 Å². The van der Waals surface area contributed by atoms with E-state index >= 15 is 0 Å². The average molecular weight is 212 g/mol. The maximum absolute atomic E-state index is 3.81. The molecule has 0 aromatic rings. The fourth-order valence-electron chi connectivity index (χ4n) is 1.79. The van der Waals surface area contributed by atoms with Crippen LogP contribution in [0.4, 0.5) is 0 Å². The van der Waals surface area contributed by atoms with Gasteiger partial charge in [-0.2, -0.15) is 0 Å². The second kappa shape index (κ2) is 10.2. The Morgan fingerprint density at radius 3 is 2.60 bits per heavy atom. The Labute approximate surface area is 95.7 Å². The summed E-state index contributed by atoms with van der Waals surface area (Å²) >= 11 is 0. The Morgan fingerprint density at radius 2 is 2.07 bits per heavy atom. The van der Waals surface area contributed by atoms with Gasteiger partial charge in [-0.1, -0.05) is 26.8 Å². The second-order valence-corrected chi connectivity index (χ2v) is 4.36. The van der Waals surface area contributed by atoms with E-state index in [1.54, 1.807) is 0 Å². The van der Waals surface area contributed by atoms with Crippen molar-refractivity contribution in [2.75, 3.05) is 32.7 Å². The third kappa shape index (κ3) is 8.64. The molecule has 0 heterocycles. The van der Waals surface area contributed by atoms with Crippen LogP contribution in [0.15, 0.2) is 12.7 Å². The number of nitrogens with one attached hydrogen (secondary N) is 1. The standard InChI is InChI=1S/C13H28N2/c1-5-8-14-11-13(4)12-15(9-6-2)10-7-3/h6,13-14H,2,5,7-12H2,1,3-4H3. The highest BCUT2D eigenvalue weighted by Crippen LogP contribution is 2.00. The number of hydrogen-bond acceptors (Lipinski definition) is 2. The van der Waals surface area contributed by atoms with Gasteiger partial charge < -0.3 is 5.32 Å². The Balaban J connectivity index is 3.67. The van der Waals surface area contributed by atoms with E-state index in [0.29, 0.717) is 0 Å². The van der Waals surface area contributed by atoms with Gasteiger partial charge in [0, 0.05) is 13.1 Å². The first-order chi connectivity index (χ1) is 7.24. The average Bonchev–Trinajstić information content (AvgIpc) is 2.19. The van der Waals surface area contributed by atoms with Crippen LogP contribution in [0, 0.1) is 5.92 Å². The van der Waals surface area contributed by atoms with Gasteiger partial charge in [0.2, 0.25) is 0 Å². The Bertz CT molecular complexity index is 145. The summed E-state index contributed by atoms with van der Waals surface area (Å²) in [6, 6.07) is 0. The normalized spacial score (nSPS) is 13.1. The minimum absolute atomic E-state index is 0.725. The monoisotopic (exact) mass is 212 g/mol. The van der Waals surface area contributed by atoms with Gasteiger partial charge in [0.05, 0.1) is 0 Å². The maximum Gasteiger partial charge on any atom is 0.0160 e. The molecule has 0 radical (unpaired) electrons. The molecular weight excluding hydrogens is 184 g/mol. The minimum Gasteiger partial charge on any atom is -0.316 e. The van der Waals surface area contributed by atoms with Crippen LogP contribution >= 0.6 is 0 Å². The highest BCUT2D eigenvalue weighted by atomic mass is 15.1. The molecule has 0 fully saturated rings. The third-order valence-electron chi connectivity index (χ3n) is 2.42. The predicted molar refractivity (Wildman–Crippen MR) is 69.3 cm³/mol. The van der Waals surface area contributed by atoms with E-state index in [1.807, 2.05) is 6.08 Å². The molecule has 0 rings (SSSR count). The first-order valence-electron chi connectivity index (χ1n) is 6.28. The minimum atomic E-state index is 0.725. The van der Waals surface area contributed by atoms with Crippen molar-refractivity contribution >= 4 is 0 Å². The van der Waals surface area contributed by atoms with Crippen LogP contribution in [0.1, 0.15) is 33.6 Å². The largest absolute Gasteiger partial charge is 0.316 e. The molecule has 90 valence electrons. The SMILES string of the molecule is C=CCN(CCC)CC(C)CNCCC. The van der Waals surface area contributed by atoms with E-state index in [4.69, 9.17) is 0 Å². The molecule has 0 aliphatic rings. The van der Waals surface area contributed by atoms with Crippen LogP contribution in [-0.2, 0) is 0 Å². The zero-order valence-corrected chi connectivity index (χ0v) is 10.8. The van der Waals surface area contributed by atoms with Crippen LogP contribution in [0.5, 0.6) is 0 Å². The highest BCUT2D eigenvalue weighted by Gasteiger charge is 2.07. The number of hydrogen-bond donors (Lipinski definition) is 1. The quantitative estimate of drug-likeness (QED) is 0.442. The summed E-state index contributed by atoms with van der Waals surface area (Å²) in [4.78, 5) is 2.48. The first-order valence-corrected chi connectivity index (χ1v) is 6.28. The molecular formula is C13H28N2. The maximum atomic E-state index is 3.81. The highest BCUT2D eigenvalue weighted by molar-refractivity contribution is 4.75. The van der Waals surface area contributed by atoms with Crippen molar-refractivity contribution in [3.63, 3.8) is 0 Å². The molecule has 0 saturated carbocycles. The third-order valence-corrected chi connectivity index (χ3v) is 2.42. The first kappa shape index (κ1) is 14.7. The molecule has 0 aliphatic heterocycles. The van der Waals surface area contributed by atoms with E-state index in [9.17, 15) is 0 Å².